The van der Waals surface area contributed by atoms with Gasteiger partial charge in [0.1, 0.15) is 16.1 Å². The Morgan fingerprint density at radius 1 is 1.32 bits per heavy atom. The molecular formula is C21H24N4O2S. The highest BCUT2D eigenvalue weighted by Crippen LogP contribution is 2.30. The highest BCUT2D eigenvalue weighted by atomic mass is 32.1. The Morgan fingerprint density at radius 2 is 2.18 bits per heavy atom. The lowest BCUT2D eigenvalue weighted by molar-refractivity contribution is -0.125. The molecule has 1 aliphatic rings. The standard InChI is InChI=1S/C21H24N4O2S/c1-2-27-17-9-7-15(8-10-17)13-23-19(26)16-5-4-12-25(14-16)21-24-18-6-3-11-22-20(18)28-21/h3,6-11,16H,2,4-5,12-14H2,1H3,(H,23,26). The van der Waals surface area contributed by atoms with Crippen molar-refractivity contribution >= 4 is 32.7 Å². The van der Waals surface area contributed by atoms with Gasteiger partial charge in [-0.3, -0.25) is 4.79 Å². The Bertz CT molecular complexity index is 908. The smallest absolute Gasteiger partial charge is 0.225 e. The van der Waals surface area contributed by atoms with Crippen LogP contribution in [0.4, 0.5) is 5.13 Å². The normalized spacial score (nSPS) is 16.9. The molecule has 1 unspecified atom stereocenters. The van der Waals surface area contributed by atoms with Crippen molar-refractivity contribution in [3.63, 3.8) is 0 Å². The highest BCUT2D eigenvalue weighted by Gasteiger charge is 2.27. The predicted octanol–water partition coefficient (Wildman–Crippen LogP) is 3.62. The van der Waals surface area contributed by atoms with E-state index in [-0.39, 0.29) is 11.8 Å². The van der Waals surface area contributed by atoms with Crippen LogP contribution < -0.4 is 15.0 Å². The number of ether oxygens (including phenoxy) is 1. The molecule has 2 aromatic heterocycles. The molecule has 28 heavy (non-hydrogen) atoms. The zero-order valence-electron chi connectivity index (χ0n) is 15.9. The second kappa shape index (κ2) is 8.56. The maximum absolute atomic E-state index is 12.7. The third kappa shape index (κ3) is 4.25. The van der Waals surface area contributed by atoms with Crippen LogP contribution >= 0.6 is 11.3 Å². The summed E-state index contributed by atoms with van der Waals surface area (Å²) in [6, 6.07) is 11.7. The van der Waals surface area contributed by atoms with Gasteiger partial charge < -0.3 is 15.0 Å². The number of nitrogens with zero attached hydrogens (tertiary/aromatic N) is 3. The van der Waals surface area contributed by atoms with Crippen LogP contribution in [-0.4, -0.2) is 35.6 Å². The minimum atomic E-state index is -0.0172. The summed E-state index contributed by atoms with van der Waals surface area (Å²) < 4.78 is 5.45. The first-order valence-corrected chi connectivity index (χ1v) is 10.5. The number of piperidine rings is 1. The second-order valence-corrected chi connectivity index (χ2v) is 7.86. The maximum atomic E-state index is 12.7. The summed E-state index contributed by atoms with van der Waals surface area (Å²) in [5.41, 5.74) is 1.99. The summed E-state index contributed by atoms with van der Waals surface area (Å²) in [6.07, 6.45) is 3.69. The van der Waals surface area contributed by atoms with E-state index in [4.69, 9.17) is 4.74 Å². The van der Waals surface area contributed by atoms with Crippen LogP contribution in [0.2, 0.25) is 0 Å². The van der Waals surface area contributed by atoms with Gasteiger partial charge in [-0.05, 0) is 49.6 Å². The topological polar surface area (TPSA) is 67.3 Å². The number of amides is 1. The van der Waals surface area contributed by atoms with Crippen LogP contribution in [-0.2, 0) is 11.3 Å². The van der Waals surface area contributed by atoms with E-state index in [1.807, 2.05) is 43.3 Å². The number of hydrogen-bond acceptors (Lipinski definition) is 6. The quantitative estimate of drug-likeness (QED) is 0.689. The van der Waals surface area contributed by atoms with Crippen molar-refractivity contribution in [2.75, 3.05) is 24.6 Å². The summed E-state index contributed by atoms with van der Waals surface area (Å²) >= 11 is 1.59. The second-order valence-electron chi connectivity index (χ2n) is 6.90. The van der Waals surface area contributed by atoms with Gasteiger partial charge in [0.15, 0.2) is 5.13 Å². The Labute approximate surface area is 168 Å². The summed E-state index contributed by atoms with van der Waals surface area (Å²) in [6.45, 7) is 4.79. The monoisotopic (exact) mass is 396 g/mol. The molecule has 1 fully saturated rings. The fraction of sp³-hybridized carbons (Fsp3) is 0.381. The Kier molecular flexibility index (Phi) is 5.71. The molecule has 0 radical (unpaired) electrons. The minimum Gasteiger partial charge on any atom is -0.494 e. The first kappa shape index (κ1) is 18.7. The fourth-order valence-corrected chi connectivity index (χ4v) is 4.41. The number of thiazole rings is 1. The van der Waals surface area contributed by atoms with Gasteiger partial charge in [0.25, 0.3) is 0 Å². The van der Waals surface area contributed by atoms with E-state index in [0.29, 0.717) is 19.7 Å². The van der Waals surface area contributed by atoms with Crippen LogP contribution in [0.3, 0.4) is 0 Å². The van der Waals surface area contributed by atoms with Crippen molar-refractivity contribution < 1.29 is 9.53 Å². The molecular weight excluding hydrogens is 372 g/mol. The van der Waals surface area contributed by atoms with Crippen molar-refractivity contribution in [3.8, 4) is 5.75 Å². The lowest BCUT2D eigenvalue weighted by Gasteiger charge is -2.31. The lowest BCUT2D eigenvalue weighted by atomic mass is 9.97. The van der Waals surface area contributed by atoms with Gasteiger partial charge in [-0.15, -0.1) is 0 Å². The zero-order chi connectivity index (χ0) is 19.3. The van der Waals surface area contributed by atoms with E-state index in [1.54, 1.807) is 17.5 Å². The number of nitrogens with one attached hydrogen (secondary N) is 1. The molecule has 146 valence electrons. The van der Waals surface area contributed by atoms with Crippen LogP contribution in [0.1, 0.15) is 25.3 Å². The average molecular weight is 397 g/mol. The van der Waals surface area contributed by atoms with Crippen molar-refractivity contribution in [2.45, 2.75) is 26.3 Å². The third-order valence-electron chi connectivity index (χ3n) is 4.92. The van der Waals surface area contributed by atoms with Crippen LogP contribution in [0, 0.1) is 5.92 Å². The first-order chi connectivity index (χ1) is 13.7. The summed E-state index contributed by atoms with van der Waals surface area (Å²) in [7, 11) is 0. The summed E-state index contributed by atoms with van der Waals surface area (Å²) in [5, 5.41) is 4.04. The van der Waals surface area contributed by atoms with Crippen molar-refractivity contribution in [2.24, 2.45) is 5.92 Å². The molecule has 0 bridgehead atoms. The van der Waals surface area contributed by atoms with Gasteiger partial charge in [-0.2, -0.15) is 0 Å². The van der Waals surface area contributed by atoms with Gasteiger partial charge in [-0.1, -0.05) is 23.5 Å². The fourth-order valence-electron chi connectivity index (χ4n) is 3.46. The number of carbonyl (C=O) groups is 1. The molecule has 6 nitrogen and oxygen atoms in total. The molecule has 1 aromatic carbocycles. The van der Waals surface area contributed by atoms with E-state index < -0.39 is 0 Å². The van der Waals surface area contributed by atoms with Gasteiger partial charge in [0, 0.05) is 25.8 Å². The number of rotatable bonds is 6. The molecule has 1 amide bonds. The van der Waals surface area contributed by atoms with Crippen molar-refractivity contribution in [1.29, 1.82) is 0 Å². The van der Waals surface area contributed by atoms with Crippen molar-refractivity contribution in [1.82, 2.24) is 15.3 Å². The minimum absolute atomic E-state index is 0.0172. The number of benzene rings is 1. The number of anilines is 1. The van der Waals surface area contributed by atoms with Gasteiger partial charge in [-0.25, -0.2) is 9.97 Å². The largest absolute Gasteiger partial charge is 0.494 e. The summed E-state index contributed by atoms with van der Waals surface area (Å²) in [4.78, 5) is 24.9. The molecule has 4 rings (SSSR count). The molecule has 7 heteroatoms. The summed E-state index contributed by atoms with van der Waals surface area (Å²) in [5.74, 6) is 0.945. The van der Waals surface area contributed by atoms with E-state index in [2.05, 4.69) is 20.2 Å². The molecule has 1 aliphatic heterocycles. The number of hydrogen-bond donors (Lipinski definition) is 1. The molecule has 0 aliphatic carbocycles. The first-order valence-electron chi connectivity index (χ1n) is 9.69. The molecule has 3 aromatic rings. The Morgan fingerprint density at radius 3 is 2.96 bits per heavy atom. The molecule has 1 N–H and O–H groups in total. The number of pyridine rings is 1. The highest BCUT2D eigenvalue weighted by molar-refractivity contribution is 7.21. The number of carbonyl (C=O) groups excluding carboxylic acids is 1. The van der Waals surface area contributed by atoms with Gasteiger partial charge in [0.05, 0.1) is 12.5 Å². The average Bonchev–Trinajstić information content (AvgIpc) is 3.18. The van der Waals surface area contributed by atoms with Crippen LogP contribution in [0.25, 0.3) is 10.3 Å². The molecule has 1 atom stereocenters. The molecule has 3 heterocycles. The van der Waals surface area contributed by atoms with E-state index >= 15 is 0 Å². The predicted molar refractivity (Wildman–Crippen MR) is 112 cm³/mol. The van der Waals surface area contributed by atoms with Crippen molar-refractivity contribution in [3.05, 3.63) is 48.2 Å². The SMILES string of the molecule is CCOc1ccc(CNC(=O)C2CCCN(c3nc4cccnc4s3)C2)cc1. The number of aromatic nitrogens is 2. The molecule has 0 saturated carbocycles. The number of fused-ring (bicyclic) bond motifs is 1. The van der Waals surface area contributed by atoms with E-state index in [9.17, 15) is 4.79 Å². The molecule has 1 saturated heterocycles. The van der Waals surface area contributed by atoms with Crippen LogP contribution in [0.15, 0.2) is 42.6 Å². The van der Waals surface area contributed by atoms with Gasteiger partial charge in [0.2, 0.25) is 5.91 Å². The van der Waals surface area contributed by atoms with E-state index in [1.165, 1.54) is 0 Å². The third-order valence-corrected chi connectivity index (χ3v) is 5.96. The lowest BCUT2D eigenvalue weighted by Crippen LogP contribution is -2.42. The molecule has 0 spiro atoms. The van der Waals surface area contributed by atoms with Crippen LogP contribution in [0.5, 0.6) is 5.75 Å². The van der Waals surface area contributed by atoms with E-state index in [0.717, 1.165) is 46.2 Å². The Balaban J connectivity index is 1.35. The van der Waals surface area contributed by atoms with Gasteiger partial charge >= 0.3 is 0 Å². The zero-order valence-corrected chi connectivity index (χ0v) is 16.7. The Hall–Kier alpha value is -2.67. The maximum Gasteiger partial charge on any atom is 0.225 e.